The van der Waals surface area contributed by atoms with Crippen molar-refractivity contribution in [2.45, 2.75) is 32.5 Å². The van der Waals surface area contributed by atoms with Gasteiger partial charge in [0.1, 0.15) is 5.82 Å². The molecular weight excluding hydrogens is 412 g/mol. The third-order valence-corrected chi connectivity index (χ3v) is 3.95. The van der Waals surface area contributed by atoms with Gasteiger partial charge in [-0.15, -0.1) is 0 Å². The summed E-state index contributed by atoms with van der Waals surface area (Å²) < 4.78 is 58.3. The van der Waals surface area contributed by atoms with Gasteiger partial charge in [-0.25, -0.2) is 14.2 Å². The molecule has 0 saturated heterocycles. The van der Waals surface area contributed by atoms with Crippen molar-refractivity contribution >= 4 is 5.97 Å². The first kappa shape index (κ1) is 25.0. The number of aromatic nitrogens is 1. The van der Waals surface area contributed by atoms with E-state index in [2.05, 4.69) is 9.72 Å². The highest BCUT2D eigenvalue weighted by Gasteiger charge is 2.60. The Morgan fingerprint density at radius 1 is 1.23 bits per heavy atom. The fourth-order valence-corrected chi connectivity index (χ4v) is 2.43. The summed E-state index contributed by atoms with van der Waals surface area (Å²) in [4.78, 5) is 24.9. The lowest BCUT2D eigenvalue weighted by Gasteiger charge is -2.26. The number of hydrogen-bond acceptors (Lipinski definition) is 6. The first-order chi connectivity index (χ1) is 13.9. The molecule has 1 heterocycles. The van der Waals surface area contributed by atoms with E-state index in [0.717, 1.165) is 19.2 Å². The van der Waals surface area contributed by atoms with Crippen LogP contribution in [0.15, 0.2) is 30.3 Å². The highest BCUT2D eigenvalue weighted by atomic mass is 19.4. The van der Waals surface area contributed by atoms with Crippen LogP contribution < -0.4 is 0 Å². The van der Waals surface area contributed by atoms with Crippen molar-refractivity contribution in [2.75, 3.05) is 13.7 Å². The van der Waals surface area contributed by atoms with E-state index in [1.54, 1.807) is 0 Å². The fourth-order valence-electron chi connectivity index (χ4n) is 2.43. The molecule has 1 N–H and O–H groups in total. The second-order valence-corrected chi connectivity index (χ2v) is 5.93. The van der Waals surface area contributed by atoms with Crippen molar-refractivity contribution in [1.82, 2.24) is 4.98 Å². The number of hydrogen-bond donors (Lipinski definition) is 1. The summed E-state index contributed by atoms with van der Waals surface area (Å²) in [6.07, 6.45) is -5.46. The second-order valence-electron chi connectivity index (χ2n) is 5.93. The summed E-state index contributed by atoms with van der Waals surface area (Å²) in [6.45, 7) is 3.48. The molecule has 11 heteroatoms. The highest BCUT2D eigenvalue weighted by Crippen LogP contribution is 2.39. The fraction of sp³-hybridized carbons (Fsp3) is 0.368. The van der Waals surface area contributed by atoms with Gasteiger partial charge in [0.25, 0.3) is 5.60 Å². The molecule has 2 aromatic rings. The maximum atomic E-state index is 13.5. The lowest BCUT2D eigenvalue weighted by atomic mass is 9.95. The molecular formula is C19H20F4N2O5. The van der Waals surface area contributed by atoms with Crippen LogP contribution in [0.1, 0.15) is 35.5 Å². The second kappa shape index (κ2) is 9.61. The van der Waals surface area contributed by atoms with E-state index >= 15 is 0 Å². The number of rotatable bonds is 5. The minimum atomic E-state index is -5.46. The van der Waals surface area contributed by atoms with Crippen molar-refractivity contribution in [1.29, 1.82) is 0 Å². The topological polar surface area (TPSA) is 103 Å². The number of halogens is 4. The zero-order chi connectivity index (χ0) is 23.3. The molecule has 1 unspecified atom stereocenters. The average molecular weight is 432 g/mol. The quantitative estimate of drug-likeness (QED) is 0.331. The van der Waals surface area contributed by atoms with Crippen molar-refractivity contribution in [3.63, 3.8) is 0 Å². The molecule has 0 radical (unpaired) electrons. The van der Waals surface area contributed by atoms with Crippen LogP contribution in [-0.2, 0) is 10.3 Å². The molecule has 0 fully saturated rings. The third-order valence-electron chi connectivity index (χ3n) is 3.95. The average Bonchev–Trinajstić information content (AvgIpc) is 2.69. The summed E-state index contributed by atoms with van der Waals surface area (Å²) in [5.74, 6) is -1.62. The normalized spacial score (nSPS) is 13.0. The number of aryl methyl sites for hydroxylation is 1. The zero-order valence-corrected chi connectivity index (χ0v) is 16.6. The lowest BCUT2D eigenvalue weighted by Crippen LogP contribution is -2.48. The summed E-state index contributed by atoms with van der Waals surface area (Å²) in [7, 11) is 0.983. The Bertz CT molecular complexity index is 934. The number of carbonyl (C=O) groups excluding carboxylic acids is 1. The van der Waals surface area contributed by atoms with Crippen LogP contribution in [0.3, 0.4) is 0 Å². The molecule has 0 saturated carbocycles. The number of benzene rings is 1. The van der Waals surface area contributed by atoms with E-state index in [1.165, 1.54) is 19.1 Å². The molecule has 30 heavy (non-hydrogen) atoms. The molecule has 164 valence electrons. The highest BCUT2D eigenvalue weighted by molar-refractivity contribution is 5.90. The van der Waals surface area contributed by atoms with Crippen LogP contribution in [0, 0.1) is 22.9 Å². The molecule has 0 aliphatic heterocycles. The van der Waals surface area contributed by atoms with Gasteiger partial charge in [0.15, 0.2) is 0 Å². The Hall–Kier alpha value is -3.08. The van der Waals surface area contributed by atoms with Gasteiger partial charge in [0.05, 0.1) is 24.1 Å². The molecule has 1 aromatic carbocycles. The maximum absolute atomic E-state index is 13.5. The van der Waals surface area contributed by atoms with Gasteiger partial charge < -0.3 is 9.84 Å². The first-order valence-electron chi connectivity index (χ1n) is 8.67. The van der Waals surface area contributed by atoms with Gasteiger partial charge in [-0.2, -0.15) is 13.2 Å². The van der Waals surface area contributed by atoms with Crippen molar-refractivity contribution in [2.24, 2.45) is 0 Å². The van der Waals surface area contributed by atoms with Gasteiger partial charge in [0.2, 0.25) is 6.54 Å². The van der Waals surface area contributed by atoms with Crippen LogP contribution in [0.2, 0.25) is 0 Å². The van der Waals surface area contributed by atoms with Crippen molar-refractivity contribution in [3.8, 4) is 11.3 Å². The Morgan fingerprint density at radius 2 is 1.83 bits per heavy atom. The van der Waals surface area contributed by atoms with Gasteiger partial charge in [0, 0.05) is 10.5 Å². The smallest absolute Gasteiger partial charge is 0.429 e. The Morgan fingerprint density at radius 3 is 2.30 bits per heavy atom. The zero-order valence-electron chi connectivity index (χ0n) is 16.6. The summed E-state index contributed by atoms with van der Waals surface area (Å²) in [5, 5.41) is 20.8. The van der Waals surface area contributed by atoms with Crippen molar-refractivity contribution < 1.29 is 37.1 Å². The Balaban J connectivity index is 0.00000218. The first-order valence-corrected chi connectivity index (χ1v) is 8.67. The SMILES string of the molecule is CC.COC(=O)c1cc(-c2ccc(F)c(C)c2)nc(C(O)(C[N+](=O)[O-])C(F)(F)F)c1. The summed E-state index contributed by atoms with van der Waals surface area (Å²) in [6, 6.07) is 5.16. The van der Waals surface area contributed by atoms with E-state index in [0.29, 0.717) is 6.07 Å². The number of aliphatic hydroxyl groups is 1. The van der Waals surface area contributed by atoms with Crippen LogP contribution >= 0.6 is 0 Å². The van der Waals surface area contributed by atoms with Gasteiger partial charge in [-0.1, -0.05) is 13.8 Å². The minimum absolute atomic E-state index is 0.136. The lowest BCUT2D eigenvalue weighted by molar-refractivity contribution is -0.519. The summed E-state index contributed by atoms with van der Waals surface area (Å²) in [5.41, 5.74) is -5.47. The number of pyridine rings is 1. The molecule has 0 spiro atoms. The van der Waals surface area contributed by atoms with Crippen LogP contribution in [0.4, 0.5) is 17.6 Å². The van der Waals surface area contributed by atoms with E-state index < -0.39 is 46.3 Å². The molecule has 1 aromatic heterocycles. The molecule has 0 aliphatic rings. The number of alkyl halides is 3. The summed E-state index contributed by atoms with van der Waals surface area (Å²) >= 11 is 0. The number of nitro groups is 1. The predicted octanol–water partition coefficient (Wildman–Crippen LogP) is 4.04. The van der Waals surface area contributed by atoms with E-state index in [4.69, 9.17) is 0 Å². The third kappa shape index (κ3) is 5.29. The molecule has 2 rings (SSSR count). The number of esters is 1. The minimum Gasteiger partial charge on any atom is -0.465 e. The molecule has 0 amide bonds. The van der Waals surface area contributed by atoms with E-state index in [1.807, 2.05) is 13.8 Å². The molecule has 7 nitrogen and oxygen atoms in total. The number of nitrogens with zero attached hydrogens (tertiary/aromatic N) is 2. The van der Waals surface area contributed by atoms with Gasteiger partial charge >= 0.3 is 12.1 Å². The van der Waals surface area contributed by atoms with Gasteiger partial charge in [-0.3, -0.25) is 10.1 Å². The van der Waals surface area contributed by atoms with Gasteiger partial charge in [-0.05, 0) is 42.8 Å². The van der Waals surface area contributed by atoms with Crippen molar-refractivity contribution in [3.05, 3.63) is 63.1 Å². The maximum Gasteiger partial charge on any atom is 0.429 e. The molecule has 0 bridgehead atoms. The van der Waals surface area contributed by atoms with E-state index in [9.17, 15) is 37.6 Å². The Labute approximate surface area is 169 Å². The molecule has 0 aliphatic carbocycles. The standard InChI is InChI=1S/C17H14F4N2O5.C2H6/c1-9-5-10(3-4-12(9)18)13-6-11(15(24)28-2)7-14(22-13)16(25,8-23(26)27)17(19,20)21;1-2/h3-7,25H,8H2,1-2H3;1-2H3. The molecule has 1 atom stereocenters. The van der Waals surface area contributed by atoms with E-state index in [-0.39, 0.29) is 16.8 Å². The number of methoxy groups -OCH3 is 1. The number of carbonyl (C=O) groups is 1. The predicted molar refractivity (Wildman–Crippen MR) is 98.9 cm³/mol. The van der Waals surface area contributed by atoms with Crippen LogP contribution in [-0.4, -0.2) is 40.8 Å². The number of ether oxygens (including phenoxy) is 1. The Kier molecular flexibility index (Phi) is 8.00. The monoisotopic (exact) mass is 432 g/mol. The van der Waals surface area contributed by atoms with Crippen LogP contribution in [0.5, 0.6) is 0 Å². The largest absolute Gasteiger partial charge is 0.465 e. The van der Waals surface area contributed by atoms with Crippen LogP contribution in [0.25, 0.3) is 11.3 Å².